The first-order chi connectivity index (χ1) is 11.4. The molecular formula is C16H23N3O4S. The highest BCUT2D eigenvalue weighted by molar-refractivity contribution is 7.89. The summed E-state index contributed by atoms with van der Waals surface area (Å²) >= 11 is 0. The van der Waals surface area contributed by atoms with Crippen molar-refractivity contribution in [3.63, 3.8) is 0 Å². The number of carbonyl (C=O) groups excluding carboxylic acids is 1. The van der Waals surface area contributed by atoms with Gasteiger partial charge in [0.1, 0.15) is 0 Å². The molecule has 8 heteroatoms. The summed E-state index contributed by atoms with van der Waals surface area (Å²) in [6.45, 7) is 0.511. The average Bonchev–Trinajstić information content (AvgIpc) is 3.29. The van der Waals surface area contributed by atoms with Gasteiger partial charge >= 0.3 is 0 Å². The van der Waals surface area contributed by atoms with E-state index < -0.39 is 10.0 Å². The Balaban J connectivity index is 1.78. The van der Waals surface area contributed by atoms with Crippen molar-refractivity contribution in [3.05, 3.63) is 29.8 Å². The number of aliphatic hydroxyl groups excluding tert-OH is 1. The smallest absolute Gasteiger partial charge is 0.251 e. The van der Waals surface area contributed by atoms with Crippen molar-refractivity contribution in [2.24, 2.45) is 11.7 Å². The number of nitrogens with zero attached hydrogens (tertiary/aromatic N) is 1. The molecule has 1 amide bonds. The van der Waals surface area contributed by atoms with E-state index in [0.29, 0.717) is 18.5 Å². The zero-order valence-electron chi connectivity index (χ0n) is 13.4. The Morgan fingerprint density at radius 1 is 1.33 bits per heavy atom. The summed E-state index contributed by atoms with van der Waals surface area (Å²) in [5, 5.41) is 11.9. The first kappa shape index (κ1) is 17.3. The van der Waals surface area contributed by atoms with Crippen molar-refractivity contribution in [2.75, 3.05) is 19.7 Å². The molecule has 4 N–H and O–H groups in total. The Hall–Kier alpha value is -1.48. The molecule has 3 rings (SSSR count). The van der Waals surface area contributed by atoms with Gasteiger partial charge in [0, 0.05) is 37.3 Å². The van der Waals surface area contributed by atoms with Crippen molar-refractivity contribution in [1.29, 1.82) is 0 Å². The van der Waals surface area contributed by atoms with Crippen LogP contribution in [0.3, 0.4) is 0 Å². The normalized spacial score (nSPS) is 24.9. The van der Waals surface area contributed by atoms with Crippen LogP contribution in [0.15, 0.2) is 29.2 Å². The lowest BCUT2D eigenvalue weighted by Gasteiger charge is -2.17. The molecule has 132 valence electrons. The summed E-state index contributed by atoms with van der Waals surface area (Å²) < 4.78 is 27.0. The Morgan fingerprint density at radius 3 is 2.75 bits per heavy atom. The zero-order valence-corrected chi connectivity index (χ0v) is 14.2. The maximum absolute atomic E-state index is 12.8. The number of rotatable bonds is 6. The molecule has 7 nitrogen and oxygen atoms in total. The van der Waals surface area contributed by atoms with E-state index in [-0.39, 0.29) is 42.0 Å². The minimum absolute atomic E-state index is 0.0108. The number of nitrogens with two attached hydrogens (primary N) is 1. The van der Waals surface area contributed by atoms with Crippen molar-refractivity contribution in [2.45, 2.75) is 36.2 Å². The van der Waals surface area contributed by atoms with E-state index in [9.17, 15) is 13.2 Å². The summed E-state index contributed by atoms with van der Waals surface area (Å²) in [5.74, 6) is -0.294. The summed E-state index contributed by atoms with van der Waals surface area (Å²) in [7, 11) is -3.70. The topological polar surface area (TPSA) is 113 Å². The number of benzene rings is 1. The van der Waals surface area contributed by atoms with Gasteiger partial charge in [-0.1, -0.05) is 6.07 Å². The fourth-order valence-corrected chi connectivity index (χ4v) is 4.55. The Labute approximate surface area is 141 Å². The number of hydrogen-bond donors (Lipinski definition) is 3. The second kappa shape index (κ2) is 6.79. The minimum Gasteiger partial charge on any atom is -0.396 e. The Kier molecular flexibility index (Phi) is 4.91. The van der Waals surface area contributed by atoms with Crippen LogP contribution < -0.4 is 11.1 Å². The molecule has 1 aliphatic carbocycles. The lowest BCUT2D eigenvalue weighted by atomic mass is 10.0. The second-order valence-corrected chi connectivity index (χ2v) is 8.47. The van der Waals surface area contributed by atoms with Crippen molar-refractivity contribution in [1.82, 2.24) is 9.62 Å². The highest BCUT2D eigenvalue weighted by Gasteiger charge is 2.37. The maximum Gasteiger partial charge on any atom is 0.251 e. The van der Waals surface area contributed by atoms with E-state index in [1.807, 2.05) is 0 Å². The Morgan fingerprint density at radius 2 is 2.08 bits per heavy atom. The second-order valence-electron chi connectivity index (χ2n) is 6.53. The third-order valence-corrected chi connectivity index (χ3v) is 6.43. The van der Waals surface area contributed by atoms with Crippen molar-refractivity contribution in [3.8, 4) is 0 Å². The van der Waals surface area contributed by atoms with Crippen LogP contribution in [0.1, 0.15) is 29.6 Å². The zero-order chi connectivity index (χ0) is 17.3. The quantitative estimate of drug-likeness (QED) is 0.661. The molecule has 0 unspecified atom stereocenters. The summed E-state index contributed by atoms with van der Waals surface area (Å²) in [6, 6.07) is 6.03. The summed E-state index contributed by atoms with van der Waals surface area (Å²) in [5.41, 5.74) is 6.33. The molecule has 2 aliphatic rings. The molecule has 1 aromatic carbocycles. The fourth-order valence-electron chi connectivity index (χ4n) is 2.97. The number of nitrogens with one attached hydrogen (secondary N) is 1. The third kappa shape index (κ3) is 3.61. The SMILES string of the molecule is N[C@@H]1CN(S(=O)(=O)c2cccc(C(=O)NC3CC3)c2)C[C@H]1CCO. The third-order valence-electron chi connectivity index (χ3n) is 4.60. The van der Waals surface area contributed by atoms with Gasteiger partial charge in [0.25, 0.3) is 5.91 Å². The number of hydrogen-bond acceptors (Lipinski definition) is 5. The average molecular weight is 353 g/mol. The number of aliphatic hydroxyl groups is 1. The van der Waals surface area contributed by atoms with Gasteiger partial charge < -0.3 is 16.2 Å². The highest BCUT2D eigenvalue weighted by Crippen LogP contribution is 2.26. The van der Waals surface area contributed by atoms with Gasteiger partial charge in [0.15, 0.2) is 0 Å². The number of sulfonamides is 1. The molecule has 1 aromatic rings. The largest absolute Gasteiger partial charge is 0.396 e. The van der Waals surface area contributed by atoms with Crippen molar-refractivity contribution < 1.29 is 18.3 Å². The molecule has 2 fully saturated rings. The van der Waals surface area contributed by atoms with E-state index in [2.05, 4.69) is 5.32 Å². The van der Waals surface area contributed by atoms with Crippen molar-refractivity contribution >= 4 is 15.9 Å². The van der Waals surface area contributed by atoms with Gasteiger partial charge in [-0.3, -0.25) is 4.79 Å². The molecule has 0 radical (unpaired) electrons. The van der Waals surface area contributed by atoms with Gasteiger partial charge in [-0.25, -0.2) is 8.42 Å². The monoisotopic (exact) mass is 353 g/mol. The van der Waals surface area contributed by atoms with Gasteiger partial charge in [-0.15, -0.1) is 0 Å². The van der Waals surface area contributed by atoms with Gasteiger partial charge in [0.05, 0.1) is 4.90 Å². The molecule has 0 aromatic heterocycles. The predicted octanol–water partition coefficient (Wildman–Crippen LogP) is -0.0910. The lowest BCUT2D eigenvalue weighted by molar-refractivity contribution is 0.0951. The maximum atomic E-state index is 12.8. The van der Waals surface area contributed by atoms with E-state index in [4.69, 9.17) is 10.8 Å². The van der Waals surface area contributed by atoms with E-state index >= 15 is 0 Å². The van der Waals surface area contributed by atoms with Crippen LogP contribution in [0.25, 0.3) is 0 Å². The van der Waals surface area contributed by atoms with Crippen LogP contribution in [-0.4, -0.2) is 55.5 Å². The first-order valence-corrected chi connectivity index (χ1v) is 9.63. The van der Waals surface area contributed by atoms with Crippen LogP contribution >= 0.6 is 0 Å². The van der Waals surface area contributed by atoms with Crippen LogP contribution in [0.5, 0.6) is 0 Å². The molecular weight excluding hydrogens is 330 g/mol. The summed E-state index contributed by atoms with van der Waals surface area (Å²) in [6.07, 6.45) is 2.43. The minimum atomic E-state index is -3.70. The molecule has 1 saturated carbocycles. The van der Waals surface area contributed by atoms with Gasteiger partial charge in [0.2, 0.25) is 10.0 Å². The molecule has 1 heterocycles. The molecule has 0 bridgehead atoms. The molecule has 24 heavy (non-hydrogen) atoms. The lowest BCUT2D eigenvalue weighted by Crippen LogP contribution is -2.32. The predicted molar refractivity (Wildman–Crippen MR) is 88.9 cm³/mol. The molecule has 2 atom stereocenters. The first-order valence-electron chi connectivity index (χ1n) is 8.19. The molecule has 1 saturated heterocycles. The van der Waals surface area contributed by atoms with Gasteiger partial charge in [-0.2, -0.15) is 4.31 Å². The standard InChI is InChI=1S/C16H23N3O4S/c17-15-10-19(9-12(15)6-7-20)24(22,23)14-3-1-2-11(8-14)16(21)18-13-4-5-13/h1-3,8,12-13,15,20H,4-7,9-10,17H2,(H,18,21)/t12-,15-/m1/s1. The fraction of sp³-hybridized carbons (Fsp3) is 0.562. The van der Waals surface area contributed by atoms with E-state index in [0.717, 1.165) is 12.8 Å². The van der Waals surface area contributed by atoms with Crippen LogP contribution in [0, 0.1) is 5.92 Å². The summed E-state index contributed by atoms with van der Waals surface area (Å²) in [4.78, 5) is 12.2. The van der Waals surface area contributed by atoms with E-state index in [1.165, 1.54) is 16.4 Å². The Bertz CT molecular complexity index is 718. The van der Waals surface area contributed by atoms with Crippen LogP contribution in [0.2, 0.25) is 0 Å². The van der Waals surface area contributed by atoms with E-state index in [1.54, 1.807) is 12.1 Å². The van der Waals surface area contributed by atoms with Gasteiger partial charge in [-0.05, 0) is 43.4 Å². The number of amides is 1. The molecule has 0 spiro atoms. The highest BCUT2D eigenvalue weighted by atomic mass is 32.2. The molecule has 1 aliphatic heterocycles. The van der Waals surface area contributed by atoms with Crippen LogP contribution in [-0.2, 0) is 10.0 Å². The van der Waals surface area contributed by atoms with Crippen LogP contribution in [0.4, 0.5) is 0 Å². The number of carbonyl (C=O) groups is 1.